The summed E-state index contributed by atoms with van der Waals surface area (Å²) in [5.74, 6) is -0.912. The van der Waals surface area contributed by atoms with Crippen molar-refractivity contribution in [1.82, 2.24) is 10.2 Å². The topological polar surface area (TPSA) is 92.5 Å². The first kappa shape index (κ1) is 27.4. The quantitative estimate of drug-likeness (QED) is 0.521. The van der Waals surface area contributed by atoms with E-state index >= 15 is 0 Å². The van der Waals surface area contributed by atoms with E-state index in [4.69, 9.17) is 17.3 Å². The summed E-state index contributed by atoms with van der Waals surface area (Å²) in [6.45, 7) is 3.92. The second-order valence-electron chi connectivity index (χ2n) is 8.62. The average Bonchev–Trinajstić information content (AvgIpc) is 3.22. The lowest BCUT2D eigenvalue weighted by Gasteiger charge is -2.32. The molecule has 6 nitrogen and oxygen atoms in total. The molecule has 1 aliphatic heterocycles. The number of benzene rings is 2. The number of sulfone groups is 1. The zero-order valence-electron chi connectivity index (χ0n) is 19.5. The molecule has 11 heteroatoms. The Kier molecular flexibility index (Phi) is 8.52. The van der Waals surface area contributed by atoms with Crippen LogP contribution in [-0.2, 0) is 22.6 Å². The molecule has 2 aromatic rings. The number of hydrogen-bond acceptors (Lipinski definition) is 5. The van der Waals surface area contributed by atoms with Gasteiger partial charge in [0.1, 0.15) is 0 Å². The fourth-order valence-electron chi connectivity index (χ4n) is 4.52. The maximum atomic E-state index is 14.0. The molecule has 192 valence electrons. The molecule has 0 saturated carbocycles. The molecule has 2 unspecified atom stereocenters. The summed E-state index contributed by atoms with van der Waals surface area (Å²) < 4.78 is 66.8. The van der Waals surface area contributed by atoms with E-state index in [1.807, 2.05) is 11.8 Å². The van der Waals surface area contributed by atoms with Crippen LogP contribution in [0.4, 0.5) is 13.2 Å². The summed E-state index contributed by atoms with van der Waals surface area (Å²) in [7, 11) is -3.59. The van der Waals surface area contributed by atoms with Gasteiger partial charge in [-0.3, -0.25) is 9.69 Å². The predicted molar refractivity (Wildman–Crippen MR) is 129 cm³/mol. The van der Waals surface area contributed by atoms with Crippen LogP contribution in [0, 0.1) is 0 Å². The Labute approximate surface area is 208 Å². The van der Waals surface area contributed by atoms with Gasteiger partial charge in [0.2, 0.25) is 0 Å². The van der Waals surface area contributed by atoms with E-state index in [9.17, 15) is 26.4 Å². The summed E-state index contributed by atoms with van der Waals surface area (Å²) in [4.78, 5) is 14.8. The molecule has 1 fully saturated rings. The highest BCUT2D eigenvalue weighted by Crippen LogP contribution is 2.38. The van der Waals surface area contributed by atoms with Crippen LogP contribution in [-0.4, -0.2) is 44.1 Å². The molecule has 0 aromatic heterocycles. The lowest BCUT2D eigenvalue weighted by atomic mass is 9.95. The van der Waals surface area contributed by atoms with Crippen molar-refractivity contribution in [2.24, 2.45) is 5.73 Å². The first-order chi connectivity index (χ1) is 16.4. The molecule has 3 rings (SSSR count). The number of alkyl halides is 3. The van der Waals surface area contributed by atoms with Gasteiger partial charge in [0.05, 0.1) is 16.2 Å². The summed E-state index contributed by atoms with van der Waals surface area (Å²) >= 11 is 5.99. The van der Waals surface area contributed by atoms with Gasteiger partial charge in [-0.1, -0.05) is 24.6 Å². The fraction of sp³-hybridized carbons (Fsp3) is 0.458. The van der Waals surface area contributed by atoms with Crippen molar-refractivity contribution in [3.63, 3.8) is 0 Å². The van der Waals surface area contributed by atoms with E-state index in [1.54, 1.807) is 0 Å². The van der Waals surface area contributed by atoms with Crippen molar-refractivity contribution >= 4 is 27.3 Å². The summed E-state index contributed by atoms with van der Waals surface area (Å²) in [6, 6.07) is 7.17. The first-order valence-electron chi connectivity index (χ1n) is 11.3. The standard InChI is InChI=1S/C24H29ClF3N3O3S/c1-3-35(33,34)22-9-7-18(25)11-17(22)14-30-23(32)16-6-8-19(20(12-16)24(26,27)28)21(13-29)31-10-4-5-15(31)2/h6-9,11-12,15,21H,3-5,10,13-14,29H2,1-2H3,(H,30,32). The predicted octanol–water partition coefficient (Wildman–Crippen LogP) is 4.57. The number of nitrogens with zero attached hydrogens (tertiary/aromatic N) is 1. The van der Waals surface area contributed by atoms with Crippen LogP contribution in [0.25, 0.3) is 0 Å². The number of halogens is 4. The number of rotatable bonds is 8. The van der Waals surface area contributed by atoms with Crippen LogP contribution >= 0.6 is 11.6 Å². The number of hydrogen-bond donors (Lipinski definition) is 2. The molecule has 2 aromatic carbocycles. The van der Waals surface area contributed by atoms with E-state index in [2.05, 4.69) is 5.32 Å². The van der Waals surface area contributed by atoms with Gasteiger partial charge in [0.25, 0.3) is 5.91 Å². The largest absolute Gasteiger partial charge is 0.416 e. The number of carbonyl (C=O) groups is 1. The average molecular weight is 532 g/mol. The molecular formula is C24H29ClF3N3O3S. The van der Waals surface area contributed by atoms with Crippen molar-refractivity contribution in [2.45, 2.75) is 56.4 Å². The van der Waals surface area contributed by atoms with Crippen LogP contribution in [0.5, 0.6) is 0 Å². The molecule has 35 heavy (non-hydrogen) atoms. The summed E-state index contributed by atoms with van der Waals surface area (Å²) in [5.41, 5.74) is 5.10. The van der Waals surface area contributed by atoms with Gasteiger partial charge in [-0.05, 0) is 67.8 Å². The monoisotopic (exact) mass is 531 g/mol. The SMILES string of the molecule is CCS(=O)(=O)c1ccc(Cl)cc1CNC(=O)c1ccc(C(CN)N2CCCC2C)c(C(F)(F)F)c1. The fourth-order valence-corrected chi connectivity index (χ4v) is 5.83. The molecule has 2 atom stereocenters. The smallest absolute Gasteiger partial charge is 0.348 e. The Hall–Kier alpha value is -2.14. The highest BCUT2D eigenvalue weighted by Gasteiger charge is 2.38. The minimum Gasteiger partial charge on any atom is -0.348 e. The molecule has 1 saturated heterocycles. The summed E-state index contributed by atoms with van der Waals surface area (Å²) in [5, 5.41) is 2.79. The van der Waals surface area contributed by atoms with E-state index in [0.29, 0.717) is 6.54 Å². The molecule has 1 heterocycles. The zero-order chi connectivity index (χ0) is 26.0. The lowest BCUT2D eigenvalue weighted by Crippen LogP contribution is -2.37. The van der Waals surface area contributed by atoms with Gasteiger partial charge in [-0.2, -0.15) is 13.2 Å². The van der Waals surface area contributed by atoms with Crippen LogP contribution in [0.15, 0.2) is 41.3 Å². The molecule has 3 N–H and O–H groups in total. The Bertz CT molecular complexity index is 1190. The van der Waals surface area contributed by atoms with Crippen LogP contribution in [0.2, 0.25) is 5.02 Å². The minimum absolute atomic E-state index is 0.0153. The maximum Gasteiger partial charge on any atom is 0.416 e. The van der Waals surface area contributed by atoms with Crippen LogP contribution in [0.1, 0.15) is 59.8 Å². The molecular weight excluding hydrogens is 503 g/mol. The summed E-state index contributed by atoms with van der Waals surface area (Å²) in [6.07, 6.45) is -2.91. The molecule has 0 spiro atoms. The van der Waals surface area contributed by atoms with Crippen molar-refractivity contribution in [2.75, 3.05) is 18.8 Å². The number of nitrogens with two attached hydrogens (primary N) is 1. The molecule has 0 radical (unpaired) electrons. The number of nitrogens with one attached hydrogen (secondary N) is 1. The normalized spacial score (nSPS) is 18.0. The Morgan fingerprint density at radius 2 is 1.97 bits per heavy atom. The number of amides is 1. The van der Waals surface area contributed by atoms with Gasteiger partial charge < -0.3 is 11.1 Å². The third-order valence-corrected chi connectivity index (χ3v) is 8.45. The van der Waals surface area contributed by atoms with E-state index < -0.39 is 33.5 Å². The van der Waals surface area contributed by atoms with E-state index in [-0.39, 0.29) is 51.5 Å². The van der Waals surface area contributed by atoms with Crippen molar-refractivity contribution in [3.05, 3.63) is 63.7 Å². The molecule has 1 aliphatic rings. The van der Waals surface area contributed by atoms with Crippen molar-refractivity contribution < 1.29 is 26.4 Å². The Morgan fingerprint density at radius 1 is 1.26 bits per heavy atom. The van der Waals surface area contributed by atoms with Gasteiger partial charge >= 0.3 is 6.18 Å². The van der Waals surface area contributed by atoms with Gasteiger partial charge in [0.15, 0.2) is 9.84 Å². The lowest BCUT2D eigenvalue weighted by molar-refractivity contribution is -0.138. The highest BCUT2D eigenvalue weighted by molar-refractivity contribution is 7.91. The van der Waals surface area contributed by atoms with Crippen molar-refractivity contribution in [3.8, 4) is 0 Å². The van der Waals surface area contributed by atoms with Crippen LogP contribution < -0.4 is 11.1 Å². The number of likely N-dealkylation sites (tertiary alicyclic amines) is 1. The third kappa shape index (κ3) is 6.17. The first-order valence-corrected chi connectivity index (χ1v) is 13.4. The van der Waals surface area contributed by atoms with E-state index in [1.165, 1.54) is 37.3 Å². The molecule has 0 bridgehead atoms. The molecule has 1 amide bonds. The van der Waals surface area contributed by atoms with E-state index in [0.717, 1.165) is 18.9 Å². The maximum absolute atomic E-state index is 14.0. The minimum atomic E-state index is -4.68. The second-order valence-corrected chi connectivity index (χ2v) is 11.3. The Morgan fingerprint density at radius 3 is 2.54 bits per heavy atom. The zero-order valence-corrected chi connectivity index (χ0v) is 21.1. The van der Waals surface area contributed by atoms with Gasteiger partial charge in [0, 0.05) is 35.8 Å². The van der Waals surface area contributed by atoms with Gasteiger partial charge in [-0.15, -0.1) is 0 Å². The Balaban J connectivity index is 1.90. The van der Waals surface area contributed by atoms with Crippen molar-refractivity contribution in [1.29, 1.82) is 0 Å². The van der Waals surface area contributed by atoms with Gasteiger partial charge in [-0.25, -0.2) is 8.42 Å². The second kappa shape index (κ2) is 10.9. The van der Waals surface area contributed by atoms with Crippen LogP contribution in [0.3, 0.4) is 0 Å². The molecule has 0 aliphatic carbocycles. The number of carbonyl (C=O) groups excluding carboxylic acids is 1. The highest BCUT2D eigenvalue weighted by atomic mass is 35.5. The third-order valence-electron chi connectivity index (χ3n) is 6.38.